The minimum Gasteiger partial charge on any atom is -0.286 e. The summed E-state index contributed by atoms with van der Waals surface area (Å²) in [7, 11) is 1.77. The molecular weight excluding hydrogens is 222 g/mol. The summed E-state index contributed by atoms with van der Waals surface area (Å²) < 4.78 is 1.02. The van der Waals surface area contributed by atoms with Crippen LogP contribution < -0.4 is 0 Å². The molecule has 0 fully saturated rings. The van der Waals surface area contributed by atoms with Crippen LogP contribution in [0.2, 0.25) is 0 Å². The Morgan fingerprint density at radius 2 is 2.29 bits per heavy atom. The highest BCUT2D eigenvalue weighted by atomic mass is 79.9. The molecule has 0 amide bonds. The number of nitrogens with zero attached hydrogens (tertiary/aromatic N) is 1. The Hall–Kier alpha value is 0.630. The van der Waals surface area contributed by atoms with E-state index in [1.54, 1.807) is 7.05 Å². The highest BCUT2D eigenvalue weighted by Gasteiger charge is 1.85. The molecule has 7 heavy (non-hydrogen) atoms. The molecule has 0 radical (unpaired) electrons. The van der Waals surface area contributed by atoms with Crippen LogP contribution >= 0.6 is 31.9 Å². The predicted molar refractivity (Wildman–Crippen MR) is 40.7 cm³/mol. The van der Waals surface area contributed by atoms with Crippen molar-refractivity contribution in [1.29, 1.82) is 0 Å². The third-order valence-corrected chi connectivity index (χ3v) is 1.69. The van der Waals surface area contributed by atoms with E-state index in [2.05, 4.69) is 36.9 Å². The molecule has 1 nitrogen and oxygen atoms in total. The highest BCUT2D eigenvalue weighted by molar-refractivity contribution is 9.18. The predicted octanol–water partition coefficient (Wildman–Crippen LogP) is 2.19. The van der Waals surface area contributed by atoms with Crippen LogP contribution in [0, 0.1) is 0 Å². The summed E-state index contributed by atoms with van der Waals surface area (Å²) in [6, 6.07) is 0. The quantitative estimate of drug-likeness (QED) is 0.508. The number of rotatable bonds is 2. The molecular formula is C4H7Br2N. The first-order chi connectivity index (χ1) is 3.31. The van der Waals surface area contributed by atoms with Gasteiger partial charge in [0.1, 0.15) is 0 Å². The third-order valence-electron chi connectivity index (χ3n) is 0.543. The van der Waals surface area contributed by atoms with Gasteiger partial charge in [0.2, 0.25) is 0 Å². The van der Waals surface area contributed by atoms with Crippen molar-refractivity contribution in [2.24, 2.45) is 4.99 Å². The van der Waals surface area contributed by atoms with Crippen LogP contribution in [0.3, 0.4) is 0 Å². The number of halogens is 2. The fourth-order valence-electron chi connectivity index (χ4n) is 0.190. The molecule has 0 atom stereocenters. The van der Waals surface area contributed by atoms with Gasteiger partial charge in [-0.1, -0.05) is 15.9 Å². The standard InChI is InChI=1S/C4H7Br2N/c1-7-4(6)2-3-5/h2-3H2,1H3. The van der Waals surface area contributed by atoms with Gasteiger partial charge in [-0.2, -0.15) is 0 Å². The van der Waals surface area contributed by atoms with E-state index in [1.807, 2.05) is 0 Å². The Morgan fingerprint density at radius 1 is 1.71 bits per heavy atom. The van der Waals surface area contributed by atoms with Gasteiger partial charge in [-0.05, 0) is 15.9 Å². The lowest BCUT2D eigenvalue weighted by molar-refractivity contribution is 1.32. The van der Waals surface area contributed by atoms with Crippen LogP contribution in [0.4, 0.5) is 0 Å². The number of alkyl halides is 1. The molecule has 0 saturated heterocycles. The maximum atomic E-state index is 3.88. The molecule has 0 heterocycles. The van der Waals surface area contributed by atoms with Gasteiger partial charge in [0.15, 0.2) is 0 Å². The van der Waals surface area contributed by atoms with Crippen molar-refractivity contribution in [2.75, 3.05) is 12.4 Å². The molecule has 0 aliphatic heterocycles. The molecule has 0 saturated carbocycles. The van der Waals surface area contributed by atoms with Gasteiger partial charge >= 0.3 is 0 Å². The van der Waals surface area contributed by atoms with Crippen LogP contribution in [0.1, 0.15) is 6.42 Å². The van der Waals surface area contributed by atoms with Crippen LogP contribution in [0.5, 0.6) is 0 Å². The molecule has 0 N–H and O–H groups in total. The smallest absolute Gasteiger partial charge is 0.0778 e. The van der Waals surface area contributed by atoms with E-state index in [0.717, 1.165) is 16.4 Å². The molecule has 0 aliphatic rings. The normalized spacial score (nSPS) is 12.1. The van der Waals surface area contributed by atoms with Crippen molar-refractivity contribution in [3.05, 3.63) is 0 Å². The van der Waals surface area contributed by atoms with Crippen molar-refractivity contribution >= 4 is 36.5 Å². The van der Waals surface area contributed by atoms with Gasteiger partial charge in [-0.15, -0.1) is 0 Å². The molecule has 0 aromatic heterocycles. The van der Waals surface area contributed by atoms with E-state index in [4.69, 9.17) is 0 Å². The van der Waals surface area contributed by atoms with Crippen LogP contribution in [0.25, 0.3) is 0 Å². The molecule has 0 aliphatic carbocycles. The van der Waals surface area contributed by atoms with E-state index in [9.17, 15) is 0 Å². The van der Waals surface area contributed by atoms with E-state index in [1.165, 1.54) is 0 Å². The first-order valence-electron chi connectivity index (χ1n) is 1.98. The fourth-order valence-corrected chi connectivity index (χ4v) is 1.30. The van der Waals surface area contributed by atoms with Crippen LogP contribution in [-0.4, -0.2) is 17.0 Å². The zero-order valence-corrected chi connectivity index (χ0v) is 7.29. The Morgan fingerprint density at radius 3 is 2.43 bits per heavy atom. The maximum absolute atomic E-state index is 3.88. The minimum atomic E-state index is 0.977. The van der Waals surface area contributed by atoms with Crippen molar-refractivity contribution < 1.29 is 0 Å². The van der Waals surface area contributed by atoms with Crippen molar-refractivity contribution in [3.8, 4) is 0 Å². The molecule has 0 unspecified atom stereocenters. The van der Waals surface area contributed by atoms with Gasteiger partial charge < -0.3 is 0 Å². The number of aliphatic imine (C=N–C) groups is 1. The molecule has 42 valence electrons. The molecule has 0 aromatic carbocycles. The molecule has 0 rings (SSSR count). The summed E-state index contributed by atoms with van der Waals surface area (Å²) >= 11 is 6.54. The average Bonchev–Trinajstić information content (AvgIpc) is 1.68. The summed E-state index contributed by atoms with van der Waals surface area (Å²) in [6.07, 6.45) is 0.983. The lowest BCUT2D eigenvalue weighted by atomic mass is 10.5. The largest absolute Gasteiger partial charge is 0.286 e. The second kappa shape index (κ2) is 4.78. The van der Waals surface area contributed by atoms with Gasteiger partial charge in [-0.25, -0.2) is 0 Å². The SMILES string of the molecule is CN=C(Br)CCBr. The zero-order chi connectivity index (χ0) is 5.70. The van der Waals surface area contributed by atoms with Gasteiger partial charge in [-0.3, -0.25) is 4.99 Å². The fraction of sp³-hybridized carbons (Fsp3) is 0.750. The van der Waals surface area contributed by atoms with Crippen molar-refractivity contribution in [3.63, 3.8) is 0 Å². The van der Waals surface area contributed by atoms with Crippen LogP contribution in [0.15, 0.2) is 4.99 Å². The summed E-state index contributed by atoms with van der Waals surface area (Å²) in [5.41, 5.74) is 0. The summed E-state index contributed by atoms with van der Waals surface area (Å²) in [4.78, 5) is 3.88. The lowest BCUT2D eigenvalue weighted by Crippen LogP contribution is -1.84. The van der Waals surface area contributed by atoms with Crippen LogP contribution in [-0.2, 0) is 0 Å². The molecule has 0 bridgehead atoms. The van der Waals surface area contributed by atoms with E-state index in [0.29, 0.717) is 0 Å². The summed E-state index contributed by atoms with van der Waals surface area (Å²) in [6.45, 7) is 0. The summed E-state index contributed by atoms with van der Waals surface area (Å²) in [5, 5.41) is 0.977. The van der Waals surface area contributed by atoms with Crippen molar-refractivity contribution in [2.45, 2.75) is 6.42 Å². The Bertz CT molecular complexity index is 70.1. The monoisotopic (exact) mass is 227 g/mol. The maximum Gasteiger partial charge on any atom is 0.0778 e. The second-order valence-corrected chi connectivity index (χ2v) is 2.75. The molecule has 0 spiro atoms. The first-order valence-corrected chi connectivity index (χ1v) is 3.90. The van der Waals surface area contributed by atoms with E-state index < -0.39 is 0 Å². The molecule has 3 heteroatoms. The number of hydrogen-bond donors (Lipinski definition) is 0. The highest BCUT2D eigenvalue weighted by Crippen LogP contribution is 1.97. The first kappa shape index (κ1) is 7.63. The Labute approximate surface area is 60.5 Å². The minimum absolute atomic E-state index is 0.977. The van der Waals surface area contributed by atoms with Crippen molar-refractivity contribution in [1.82, 2.24) is 0 Å². The average molecular weight is 229 g/mol. The Kier molecular flexibility index (Phi) is 5.21. The second-order valence-electron chi connectivity index (χ2n) is 1.04. The Balaban J connectivity index is 3.17. The van der Waals surface area contributed by atoms with Gasteiger partial charge in [0.25, 0.3) is 0 Å². The third kappa shape index (κ3) is 4.48. The van der Waals surface area contributed by atoms with E-state index in [-0.39, 0.29) is 0 Å². The molecule has 0 aromatic rings. The summed E-state index contributed by atoms with van der Waals surface area (Å²) in [5.74, 6) is 0. The lowest BCUT2D eigenvalue weighted by Gasteiger charge is -1.86. The van der Waals surface area contributed by atoms with Gasteiger partial charge in [0, 0.05) is 18.8 Å². The van der Waals surface area contributed by atoms with E-state index >= 15 is 0 Å². The van der Waals surface area contributed by atoms with Gasteiger partial charge in [0.05, 0.1) is 4.62 Å². The topological polar surface area (TPSA) is 12.4 Å². The zero-order valence-electron chi connectivity index (χ0n) is 4.12. The number of hydrogen-bond acceptors (Lipinski definition) is 1.